The Morgan fingerprint density at radius 3 is 2.57 bits per heavy atom. The molecule has 0 aliphatic heterocycles. The van der Waals surface area contributed by atoms with Crippen LogP contribution in [0.25, 0.3) is 0 Å². The summed E-state index contributed by atoms with van der Waals surface area (Å²) in [7, 11) is 0. The third-order valence-electron chi connectivity index (χ3n) is 2.39. The second-order valence-corrected chi connectivity index (χ2v) is 4.43. The molecule has 0 amide bonds. The summed E-state index contributed by atoms with van der Waals surface area (Å²) in [6.07, 6.45) is 0.613. The summed E-state index contributed by atoms with van der Waals surface area (Å²) < 4.78 is 1.11. The maximum atomic E-state index is 8.82. The van der Waals surface area contributed by atoms with Crippen molar-refractivity contribution >= 4 is 15.9 Å². The molecule has 1 unspecified atom stereocenters. The molecule has 1 atom stereocenters. The number of nitrogens with two attached hydrogens (primary N) is 1. The number of hydrogen-bond donors (Lipinski definition) is 2. The summed E-state index contributed by atoms with van der Waals surface area (Å²) in [5, 5.41) is 8.82. The van der Waals surface area contributed by atoms with E-state index in [1.165, 1.54) is 11.1 Å². The standard InChI is InChI=1S/C11H16BrNO/c1-7-6-10(12)8(2)5-9(7)11(13)3-4-14/h5-6,11,14H,3-4,13H2,1-2H3. The zero-order valence-corrected chi connectivity index (χ0v) is 10.1. The van der Waals surface area contributed by atoms with Gasteiger partial charge in [-0.2, -0.15) is 0 Å². The Labute approximate surface area is 93.3 Å². The first-order chi connectivity index (χ1) is 6.56. The van der Waals surface area contributed by atoms with Crippen LogP contribution in [0.5, 0.6) is 0 Å². The molecular formula is C11H16BrNO. The maximum absolute atomic E-state index is 8.82. The highest BCUT2D eigenvalue weighted by atomic mass is 79.9. The second-order valence-electron chi connectivity index (χ2n) is 3.58. The minimum absolute atomic E-state index is 0.0631. The molecule has 0 aromatic heterocycles. The fraction of sp³-hybridized carbons (Fsp3) is 0.455. The van der Waals surface area contributed by atoms with Crippen molar-refractivity contribution in [3.05, 3.63) is 33.3 Å². The molecule has 0 saturated carbocycles. The lowest BCUT2D eigenvalue weighted by molar-refractivity contribution is 0.276. The molecule has 2 nitrogen and oxygen atoms in total. The molecule has 0 radical (unpaired) electrons. The van der Waals surface area contributed by atoms with Crippen molar-refractivity contribution in [1.82, 2.24) is 0 Å². The van der Waals surface area contributed by atoms with Gasteiger partial charge in [0.1, 0.15) is 0 Å². The van der Waals surface area contributed by atoms with Gasteiger partial charge in [0.2, 0.25) is 0 Å². The van der Waals surface area contributed by atoms with Gasteiger partial charge in [-0.1, -0.05) is 22.0 Å². The van der Waals surface area contributed by atoms with Crippen LogP contribution in [0.3, 0.4) is 0 Å². The van der Waals surface area contributed by atoms with E-state index < -0.39 is 0 Å². The Balaban J connectivity index is 3.02. The number of aliphatic hydroxyl groups is 1. The van der Waals surface area contributed by atoms with Crippen LogP contribution in [0.15, 0.2) is 16.6 Å². The SMILES string of the molecule is Cc1cc(C(N)CCO)c(C)cc1Br. The van der Waals surface area contributed by atoms with Gasteiger partial charge in [0, 0.05) is 17.1 Å². The van der Waals surface area contributed by atoms with Gasteiger partial charge >= 0.3 is 0 Å². The number of halogens is 1. The normalized spacial score (nSPS) is 12.9. The Morgan fingerprint density at radius 1 is 1.36 bits per heavy atom. The molecule has 0 saturated heterocycles. The molecule has 0 aliphatic rings. The molecule has 1 aromatic carbocycles. The van der Waals surface area contributed by atoms with Crippen molar-refractivity contribution < 1.29 is 5.11 Å². The fourth-order valence-electron chi connectivity index (χ4n) is 1.50. The molecule has 0 aliphatic carbocycles. The predicted octanol–water partition coefficient (Wildman–Crippen LogP) is 2.45. The fourth-order valence-corrected chi connectivity index (χ4v) is 1.96. The second kappa shape index (κ2) is 4.91. The van der Waals surface area contributed by atoms with E-state index in [1.54, 1.807) is 0 Å². The Kier molecular flexibility index (Phi) is 4.11. The quantitative estimate of drug-likeness (QED) is 0.874. The lowest BCUT2D eigenvalue weighted by Crippen LogP contribution is -2.13. The minimum Gasteiger partial charge on any atom is -0.396 e. The van der Waals surface area contributed by atoms with Crippen molar-refractivity contribution in [2.24, 2.45) is 5.73 Å². The van der Waals surface area contributed by atoms with Gasteiger partial charge in [0.25, 0.3) is 0 Å². The highest BCUT2D eigenvalue weighted by Gasteiger charge is 2.09. The van der Waals surface area contributed by atoms with E-state index in [0.717, 1.165) is 10.0 Å². The first-order valence-corrected chi connectivity index (χ1v) is 5.48. The molecule has 0 heterocycles. The minimum atomic E-state index is -0.0631. The summed E-state index contributed by atoms with van der Waals surface area (Å²) in [5.74, 6) is 0. The largest absolute Gasteiger partial charge is 0.396 e. The Hall–Kier alpha value is -0.380. The number of hydrogen-bond acceptors (Lipinski definition) is 2. The van der Waals surface area contributed by atoms with Gasteiger partial charge in [-0.25, -0.2) is 0 Å². The summed E-state index contributed by atoms with van der Waals surface area (Å²) in [5.41, 5.74) is 9.42. The van der Waals surface area contributed by atoms with Crippen LogP contribution in [-0.2, 0) is 0 Å². The molecule has 3 N–H and O–H groups in total. The number of aliphatic hydroxyl groups excluding tert-OH is 1. The highest BCUT2D eigenvalue weighted by Crippen LogP contribution is 2.25. The highest BCUT2D eigenvalue weighted by molar-refractivity contribution is 9.10. The summed E-state index contributed by atoms with van der Waals surface area (Å²) in [6.45, 7) is 4.21. The monoisotopic (exact) mass is 257 g/mol. The molecule has 14 heavy (non-hydrogen) atoms. The van der Waals surface area contributed by atoms with Crippen LogP contribution >= 0.6 is 15.9 Å². The third-order valence-corrected chi connectivity index (χ3v) is 3.24. The summed E-state index contributed by atoms with van der Waals surface area (Å²) in [4.78, 5) is 0. The molecule has 0 spiro atoms. The smallest absolute Gasteiger partial charge is 0.0449 e. The number of rotatable bonds is 3. The average molecular weight is 258 g/mol. The topological polar surface area (TPSA) is 46.2 Å². The van der Waals surface area contributed by atoms with Crippen LogP contribution in [0, 0.1) is 13.8 Å². The third kappa shape index (κ3) is 2.56. The Bertz CT molecular complexity index is 325. The van der Waals surface area contributed by atoms with Crippen molar-refractivity contribution in [3.8, 4) is 0 Å². The maximum Gasteiger partial charge on any atom is 0.0449 e. The van der Waals surface area contributed by atoms with Crippen LogP contribution in [0.4, 0.5) is 0 Å². The van der Waals surface area contributed by atoms with Crippen molar-refractivity contribution in [1.29, 1.82) is 0 Å². The van der Waals surface area contributed by atoms with E-state index in [9.17, 15) is 0 Å². The molecule has 0 bridgehead atoms. The van der Waals surface area contributed by atoms with Crippen LogP contribution < -0.4 is 5.73 Å². The van der Waals surface area contributed by atoms with Gasteiger partial charge in [0.05, 0.1) is 0 Å². The molecule has 0 fully saturated rings. The molecule has 1 rings (SSSR count). The van der Waals surface area contributed by atoms with E-state index in [4.69, 9.17) is 10.8 Å². The van der Waals surface area contributed by atoms with Crippen LogP contribution in [0.2, 0.25) is 0 Å². The zero-order valence-electron chi connectivity index (χ0n) is 8.55. The lowest BCUT2D eigenvalue weighted by Gasteiger charge is -2.15. The molecular weight excluding hydrogens is 242 g/mol. The van der Waals surface area contributed by atoms with E-state index in [1.807, 2.05) is 13.8 Å². The predicted molar refractivity (Wildman–Crippen MR) is 62.2 cm³/mol. The van der Waals surface area contributed by atoms with Gasteiger partial charge in [-0.3, -0.25) is 0 Å². The zero-order chi connectivity index (χ0) is 10.7. The van der Waals surface area contributed by atoms with Crippen LogP contribution in [0.1, 0.15) is 29.2 Å². The lowest BCUT2D eigenvalue weighted by atomic mass is 9.98. The molecule has 3 heteroatoms. The van der Waals surface area contributed by atoms with Gasteiger partial charge in [-0.05, 0) is 43.0 Å². The first-order valence-electron chi connectivity index (χ1n) is 4.69. The Morgan fingerprint density at radius 2 is 2.00 bits per heavy atom. The van der Waals surface area contributed by atoms with Crippen LogP contribution in [-0.4, -0.2) is 11.7 Å². The van der Waals surface area contributed by atoms with Crippen molar-refractivity contribution in [3.63, 3.8) is 0 Å². The van der Waals surface area contributed by atoms with E-state index in [2.05, 4.69) is 28.1 Å². The van der Waals surface area contributed by atoms with Gasteiger partial charge in [0.15, 0.2) is 0 Å². The molecule has 1 aromatic rings. The van der Waals surface area contributed by atoms with Crippen molar-refractivity contribution in [2.45, 2.75) is 26.3 Å². The summed E-state index contributed by atoms with van der Waals surface area (Å²) >= 11 is 3.48. The van der Waals surface area contributed by atoms with E-state index >= 15 is 0 Å². The first kappa shape index (κ1) is 11.7. The van der Waals surface area contributed by atoms with Gasteiger partial charge in [-0.15, -0.1) is 0 Å². The molecule has 78 valence electrons. The summed E-state index contributed by atoms with van der Waals surface area (Å²) in [6, 6.07) is 4.09. The number of benzene rings is 1. The van der Waals surface area contributed by atoms with Crippen molar-refractivity contribution in [2.75, 3.05) is 6.61 Å². The van der Waals surface area contributed by atoms with Gasteiger partial charge < -0.3 is 10.8 Å². The average Bonchev–Trinajstić information content (AvgIpc) is 2.11. The van der Waals surface area contributed by atoms with E-state index in [-0.39, 0.29) is 12.6 Å². The number of aryl methyl sites for hydroxylation is 2. The van der Waals surface area contributed by atoms with E-state index in [0.29, 0.717) is 6.42 Å².